The summed E-state index contributed by atoms with van der Waals surface area (Å²) in [5.41, 5.74) is 3.79. The molecule has 1 aromatic heterocycles. The minimum Gasteiger partial charge on any atom is -0.469 e. The average Bonchev–Trinajstić information content (AvgIpc) is 2.56. The third-order valence-electron chi connectivity index (χ3n) is 3.27. The molecule has 0 fully saturated rings. The van der Waals surface area contributed by atoms with Crippen LogP contribution < -0.4 is 0 Å². The van der Waals surface area contributed by atoms with E-state index in [4.69, 9.17) is 5.41 Å². The number of halogens is 2. The lowest BCUT2D eigenvalue weighted by Gasteiger charge is -2.10. The summed E-state index contributed by atoms with van der Waals surface area (Å²) < 4.78 is 29.4. The second kappa shape index (κ2) is 9.50. The molecule has 0 saturated heterocycles. The topological polar surface area (TPSA) is 63.0 Å². The molecule has 1 heterocycles. The summed E-state index contributed by atoms with van der Waals surface area (Å²) in [7, 11) is 1.30. The number of hydrogen-bond acceptors (Lipinski definition) is 4. The first-order valence-corrected chi connectivity index (χ1v) is 7.27. The Labute approximate surface area is 140 Å². The molecule has 2 aromatic rings. The molecule has 128 valence electrons. The SMILES string of the molecule is COC(=O)CC=N.Cc1cccc(C)c1-c1ccnc(C(F)F)c1. The predicted octanol–water partition coefficient (Wildman–Crippen LogP) is 4.50. The van der Waals surface area contributed by atoms with E-state index in [2.05, 4.69) is 9.72 Å². The Morgan fingerprint density at radius 2 is 1.92 bits per heavy atom. The normalized spacial score (nSPS) is 9.92. The zero-order valence-electron chi connectivity index (χ0n) is 13.8. The van der Waals surface area contributed by atoms with E-state index < -0.39 is 6.43 Å². The highest BCUT2D eigenvalue weighted by molar-refractivity contribution is 5.84. The molecule has 0 bridgehead atoms. The van der Waals surface area contributed by atoms with E-state index in [1.165, 1.54) is 19.4 Å². The first-order valence-electron chi connectivity index (χ1n) is 7.27. The Kier molecular flexibility index (Phi) is 7.68. The van der Waals surface area contributed by atoms with Crippen molar-refractivity contribution in [2.75, 3.05) is 7.11 Å². The zero-order valence-corrected chi connectivity index (χ0v) is 13.8. The van der Waals surface area contributed by atoms with Gasteiger partial charge in [-0.05, 0) is 48.2 Å². The molecule has 0 unspecified atom stereocenters. The first-order chi connectivity index (χ1) is 11.4. The lowest BCUT2D eigenvalue weighted by atomic mass is 9.96. The van der Waals surface area contributed by atoms with Gasteiger partial charge in [-0.15, -0.1) is 0 Å². The predicted molar refractivity (Wildman–Crippen MR) is 89.5 cm³/mol. The minimum atomic E-state index is -2.53. The summed E-state index contributed by atoms with van der Waals surface area (Å²) in [4.78, 5) is 13.7. The molecule has 0 aliphatic heterocycles. The fourth-order valence-electron chi connectivity index (χ4n) is 2.16. The molecule has 0 aliphatic carbocycles. The molecule has 0 saturated carbocycles. The van der Waals surface area contributed by atoms with Gasteiger partial charge >= 0.3 is 5.97 Å². The first kappa shape index (κ1) is 19.4. The van der Waals surface area contributed by atoms with Crippen molar-refractivity contribution in [3.05, 3.63) is 53.3 Å². The third-order valence-corrected chi connectivity index (χ3v) is 3.27. The van der Waals surface area contributed by atoms with Crippen molar-refractivity contribution in [1.29, 1.82) is 5.41 Å². The van der Waals surface area contributed by atoms with E-state index in [1.807, 2.05) is 32.0 Å². The highest BCUT2D eigenvalue weighted by Crippen LogP contribution is 2.29. The zero-order chi connectivity index (χ0) is 18.1. The summed E-state index contributed by atoms with van der Waals surface area (Å²) >= 11 is 0. The van der Waals surface area contributed by atoms with Crippen LogP contribution in [0.1, 0.15) is 29.7 Å². The van der Waals surface area contributed by atoms with Crippen LogP contribution in [0.2, 0.25) is 0 Å². The summed E-state index contributed by atoms with van der Waals surface area (Å²) in [6, 6.07) is 9.14. The highest BCUT2D eigenvalue weighted by Gasteiger charge is 2.11. The molecule has 0 amide bonds. The summed E-state index contributed by atoms with van der Waals surface area (Å²) in [5.74, 6) is -0.366. The van der Waals surface area contributed by atoms with E-state index in [0.717, 1.165) is 28.5 Å². The second-order valence-corrected chi connectivity index (χ2v) is 5.02. The maximum atomic E-state index is 12.6. The minimum absolute atomic E-state index is 0.0799. The van der Waals surface area contributed by atoms with Gasteiger partial charge in [0, 0.05) is 12.4 Å². The van der Waals surface area contributed by atoms with Gasteiger partial charge < -0.3 is 10.1 Å². The van der Waals surface area contributed by atoms with Gasteiger partial charge in [-0.25, -0.2) is 8.78 Å². The summed E-state index contributed by atoms with van der Waals surface area (Å²) in [6.07, 6.45) is -0.00956. The van der Waals surface area contributed by atoms with Crippen LogP contribution in [0.5, 0.6) is 0 Å². The quantitative estimate of drug-likeness (QED) is 0.661. The van der Waals surface area contributed by atoms with Crippen molar-refractivity contribution < 1.29 is 18.3 Å². The van der Waals surface area contributed by atoms with Crippen LogP contribution in [0.25, 0.3) is 11.1 Å². The van der Waals surface area contributed by atoms with Crippen molar-refractivity contribution in [3.63, 3.8) is 0 Å². The van der Waals surface area contributed by atoms with Gasteiger partial charge in [0.15, 0.2) is 0 Å². The van der Waals surface area contributed by atoms with Crippen LogP contribution in [0.3, 0.4) is 0 Å². The van der Waals surface area contributed by atoms with E-state index in [0.29, 0.717) is 0 Å². The number of methoxy groups -OCH3 is 1. The molecule has 24 heavy (non-hydrogen) atoms. The van der Waals surface area contributed by atoms with Gasteiger partial charge in [0.1, 0.15) is 5.69 Å². The molecule has 4 nitrogen and oxygen atoms in total. The molecule has 0 aliphatic rings. The van der Waals surface area contributed by atoms with Gasteiger partial charge in [-0.1, -0.05) is 18.2 Å². The van der Waals surface area contributed by atoms with Gasteiger partial charge in [0.05, 0.1) is 13.5 Å². The van der Waals surface area contributed by atoms with Gasteiger partial charge in [-0.2, -0.15) is 0 Å². The Morgan fingerprint density at radius 1 is 1.29 bits per heavy atom. The second-order valence-electron chi connectivity index (χ2n) is 5.02. The van der Waals surface area contributed by atoms with Crippen molar-refractivity contribution in [1.82, 2.24) is 4.98 Å². The molecular formula is C18H20F2N2O2. The number of nitrogens with one attached hydrogen (secondary N) is 1. The molecule has 1 N–H and O–H groups in total. The number of benzene rings is 1. The van der Waals surface area contributed by atoms with Crippen molar-refractivity contribution in [3.8, 4) is 11.1 Å². The van der Waals surface area contributed by atoms with Crippen LogP contribution in [0.4, 0.5) is 8.78 Å². The van der Waals surface area contributed by atoms with Crippen LogP contribution in [-0.2, 0) is 9.53 Å². The molecule has 2 rings (SSSR count). The van der Waals surface area contributed by atoms with Crippen LogP contribution in [0.15, 0.2) is 36.5 Å². The molecular weight excluding hydrogens is 314 g/mol. The molecule has 1 aromatic carbocycles. The monoisotopic (exact) mass is 334 g/mol. The maximum Gasteiger partial charge on any atom is 0.310 e. The van der Waals surface area contributed by atoms with E-state index >= 15 is 0 Å². The number of ether oxygens (including phenoxy) is 1. The number of carbonyl (C=O) groups is 1. The summed E-state index contributed by atoms with van der Waals surface area (Å²) in [6.45, 7) is 3.95. The van der Waals surface area contributed by atoms with Crippen LogP contribution in [-0.4, -0.2) is 24.3 Å². The van der Waals surface area contributed by atoms with E-state index in [1.54, 1.807) is 6.07 Å². The Morgan fingerprint density at radius 3 is 2.38 bits per heavy atom. The van der Waals surface area contributed by atoms with Gasteiger partial charge in [-0.3, -0.25) is 9.78 Å². The lowest BCUT2D eigenvalue weighted by molar-refractivity contribution is -0.139. The maximum absolute atomic E-state index is 12.6. The smallest absolute Gasteiger partial charge is 0.310 e. The number of aryl methyl sites for hydroxylation is 2. The van der Waals surface area contributed by atoms with Crippen LogP contribution in [0, 0.1) is 19.3 Å². The number of pyridine rings is 1. The molecule has 6 heteroatoms. The van der Waals surface area contributed by atoms with E-state index in [-0.39, 0.29) is 18.1 Å². The number of alkyl halides is 2. The Balaban J connectivity index is 0.000000351. The largest absolute Gasteiger partial charge is 0.469 e. The number of esters is 1. The van der Waals surface area contributed by atoms with Crippen LogP contribution >= 0.6 is 0 Å². The fourth-order valence-corrected chi connectivity index (χ4v) is 2.16. The van der Waals surface area contributed by atoms with Crippen molar-refractivity contribution in [2.45, 2.75) is 26.7 Å². The number of hydrogen-bond donors (Lipinski definition) is 1. The number of aromatic nitrogens is 1. The standard InChI is InChI=1S/C14H13F2N.C4H7NO2/c1-9-4-3-5-10(2)13(9)11-6-7-17-12(8-11)14(15)16;1-7-4(6)2-3-5/h3-8,14H,1-2H3;3,5H,2H2,1H3. The highest BCUT2D eigenvalue weighted by atomic mass is 19.3. The van der Waals surface area contributed by atoms with Crippen molar-refractivity contribution in [2.24, 2.45) is 0 Å². The Hall–Kier alpha value is -2.63. The lowest BCUT2D eigenvalue weighted by Crippen LogP contribution is -1.98. The third kappa shape index (κ3) is 5.53. The fraction of sp³-hybridized carbons (Fsp3) is 0.278. The number of nitrogens with zero attached hydrogens (tertiary/aromatic N) is 1. The number of rotatable bonds is 4. The van der Waals surface area contributed by atoms with Gasteiger partial charge in [0.25, 0.3) is 6.43 Å². The van der Waals surface area contributed by atoms with E-state index in [9.17, 15) is 13.6 Å². The molecule has 0 spiro atoms. The Bertz CT molecular complexity index is 683. The summed E-state index contributed by atoms with van der Waals surface area (Å²) in [5, 5.41) is 6.41. The molecule has 0 radical (unpaired) electrons. The van der Waals surface area contributed by atoms with Gasteiger partial charge in [0.2, 0.25) is 0 Å². The molecule has 0 atom stereocenters. The van der Waals surface area contributed by atoms with Crippen molar-refractivity contribution >= 4 is 12.2 Å². The number of carbonyl (C=O) groups excluding carboxylic acids is 1. The average molecular weight is 334 g/mol.